The summed E-state index contributed by atoms with van der Waals surface area (Å²) in [5, 5.41) is 19.3. The number of nitrogens with zero attached hydrogens (tertiary/aromatic N) is 3. The fourth-order valence-electron chi connectivity index (χ4n) is 3.25. The van der Waals surface area contributed by atoms with Gasteiger partial charge in [0.1, 0.15) is 5.82 Å². The van der Waals surface area contributed by atoms with Gasteiger partial charge in [-0.25, -0.2) is 9.78 Å². The molecule has 0 spiro atoms. The number of carbonyl (C=O) groups is 1. The van der Waals surface area contributed by atoms with Crippen molar-refractivity contribution >= 4 is 5.97 Å². The fraction of sp³-hybridized carbons (Fsp3) is 0.692. The summed E-state index contributed by atoms with van der Waals surface area (Å²) in [6.45, 7) is 2.69. The number of hydrogen-bond donors (Lipinski definition) is 2. The van der Waals surface area contributed by atoms with E-state index < -0.39 is 12.1 Å². The molecule has 1 aromatic rings. The molecule has 0 bridgehead atoms. The Morgan fingerprint density at radius 2 is 2.16 bits per heavy atom. The molecule has 6 heteroatoms. The summed E-state index contributed by atoms with van der Waals surface area (Å²) >= 11 is 0. The van der Waals surface area contributed by atoms with Gasteiger partial charge in [0.15, 0.2) is 5.69 Å². The van der Waals surface area contributed by atoms with Gasteiger partial charge in [-0.15, -0.1) is 0 Å². The van der Waals surface area contributed by atoms with Crippen LogP contribution in [-0.4, -0.2) is 50.8 Å². The van der Waals surface area contributed by atoms with Crippen molar-refractivity contribution in [3.8, 4) is 0 Å². The molecule has 1 fully saturated rings. The zero-order chi connectivity index (χ0) is 13.6. The van der Waals surface area contributed by atoms with Crippen LogP contribution in [0.15, 0.2) is 0 Å². The molecule has 0 saturated carbocycles. The number of aliphatic hydroxyl groups excluding tert-OH is 1. The number of aromatic nitrogens is 2. The summed E-state index contributed by atoms with van der Waals surface area (Å²) in [7, 11) is 2.06. The molecule has 0 radical (unpaired) electrons. The van der Waals surface area contributed by atoms with Crippen molar-refractivity contribution in [1.82, 2.24) is 14.5 Å². The Morgan fingerprint density at radius 3 is 2.79 bits per heavy atom. The highest BCUT2D eigenvalue weighted by Crippen LogP contribution is 2.34. The summed E-state index contributed by atoms with van der Waals surface area (Å²) in [6.07, 6.45) is 1.80. The van der Waals surface area contributed by atoms with Gasteiger partial charge in [0, 0.05) is 19.0 Å². The lowest BCUT2D eigenvalue weighted by Gasteiger charge is -2.23. The number of hydrogen-bond acceptors (Lipinski definition) is 4. The number of aromatic carboxylic acids is 1. The van der Waals surface area contributed by atoms with Crippen LogP contribution in [0, 0.1) is 0 Å². The Labute approximate surface area is 111 Å². The van der Waals surface area contributed by atoms with Gasteiger partial charge in [-0.05, 0) is 32.9 Å². The maximum atomic E-state index is 11.3. The van der Waals surface area contributed by atoms with Crippen molar-refractivity contribution in [3.05, 3.63) is 17.2 Å². The van der Waals surface area contributed by atoms with Gasteiger partial charge in [-0.1, -0.05) is 0 Å². The van der Waals surface area contributed by atoms with Crippen LogP contribution >= 0.6 is 0 Å². The average Bonchev–Trinajstić information content (AvgIpc) is 2.93. The second-order valence-electron chi connectivity index (χ2n) is 5.57. The molecule has 2 unspecified atom stereocenters. The molecule has 1 saturated heterocycles. The highest BCUT2D eigenvalue weighted by Gasteiger charge is 2.34. The molecule has 0 aromatic carbocycles. The Balaban J connectivity index is 2.05. The molecule has 0 aliphatic carbocycles. The van der Waals surface area contributed by atoms with Crippen LogP contribution in [0.2, 0.25) is 0 Å². The average molecular weight is 265 g/mol. The van der Waals surface area contributed by atoms with Gasteiger partial charge in [-0.2, -0.15) is 0 Å². The molecule has 3 heterocycles. The predicted octanol–water partition coefficient (Wildman–Crippen LogP) is 0.828. The minimum absolute atomic E-state index is 0.0387. The van der Waals surface area contributed by atoms with E-state index in [0.717, 1.165) is 38.3 Å². The van der Waals surface area contributed by atoms with Gasteiger partial charge in [-0.3, -0.25) is 0 Å². The van der Waals surface area contributed by atoms with Gasteiger partial charge >= 0.3 is 5.97 Å². The third kappa shape index (κ3) is 2.04. The number of aliphatic hydroxyl groups is 1. The number of likely N-dealkylation sites (N-methyl/N-ethyl adjacent to an activating group) is 1. The third-order valence-corrected chi connectivity index (χ3v) is 4.17. The van der Waals surface area contributed by atoms with Crippen LogP contribution in [0.1, 0.15) is 53.3 Å². The molecule has 2 atom stereocenters. The number of carboxylic acids is 1. The molecular formula is C13H19N3O3. The van der Waals surface area contributed by atoms with Crippen LogP contribution in [0.5, 0.6) is 0 Å². The lowest BCUT2D eigenvalue weighted by Crippen LogP contribution is -2.21. The highest BCUT2D eigenvalue weighted by atomic mass is 16.4. The molecule has 1 aromatic heterocycles. The van der Waals surface area contributed by atoms with Gasteiger partial charge in [0.2, 0.25) is 0 Å². The Morgan fingerprint density at radius 1 is 1.37 bits per heavy atom. The minimum atomic E-state index is -1.04. The molecular weight excluding hydrogens is 246 g/mol. The largest absolute Gasteiger partial charge is 0.476 e. The van der Waals surface area contributed by atoms with Crippen LogP contribution in [0.3, 0.4) is 0 Å². The van der Waals surface area contributed by atoms with Crippen molar-refractivity contribution < 1.29 is 15.0 Å². The molecule has 3 rings (SSSR count). The lowest BCUT2D eigenvalue weighted by molar-refractivity contribution is 0.0677. The first-order valence-corrected chi connectivity index (χ1v) is 6.78. The van der Waals surface area contributed by atoms with Crippen LogP contribution in [0.25, 0.3) is 0 Å². The second-order valence-corrected chi connectivity index (χ2v) is 5.57. The smallest absolute Gasteiger partial charge is 0.356 e. The summed E-state index contributed by atoms with van der Waals surface area (Å²) in [6, 6.07) is 0. The first-order chi connectivity index (χ1) is 9.08. The number of rotatable bonds is 2. The molecule has 19 heavy (non-hydrogen) atoms. The predicted molar refractivity (Wildman–Crippen MR) is 68.2 cm³/mol. The molecule has 104 valence electrons. The van der Waals surface area contributed by atoms with E-state index in [1.54, 1.807) is 0 Å². The van der Waals surface area contributed by atoms with Crippen molar-refractivity contribution in [2.75, 3.05) is 20.1 Å². The molecule has 6 nitrogen and oxygen atoms in total. The standard InChI is InChI=1S/C13H19N3O3/c1-15-6-4-8(7-15)12-14-10(13(18)19)11-9(17)3-2-5-16(11)12/h8-9,17H,2-7H2,1H3,(H,18,19). The first-order valence-electron chi connectivity index (χ1n) is 6.78. The SMILES string of the molecule is CN1CCC(c2nc(C(=O)O)c3n2CCCC3O)C1. The van der Waals surface area contributed by atoms with E-state index in [9.17, 15) is 15.0 Å². The zero-order valence-electron chi connectivity index (χ0n) is 11.0. The normalized spacial score (nSPS) is 27.5. The second kappa shape index (κ2) is 4.61. The maximum absolute atomic E-state index is 11.3. The van der Waals surface area contributed by atoms with E-state index in [1.165, 1.54) is 0 Å². The monoisotopic (exact) mass is 265 g/mol. The molecule has 2 aliphatic heterocycles. The van der Waals surface area contributed by atoms with E-state index in [1.807, 2.05) is 4.57 Å². The maximum Gasteiger partial charge on any atom is 0.356 e. The zero-order valence-corrected chi connectivity index (χ0v) is 11.0. The minimum Gasteiger partial charge on any atom is -0.476 e. The van der Waals surface area contributed by atoms with E-state index in [2.05, 4.69) is 16.9 Å². The van der Waals surface area contributed by atoms with E-state index in [4.69, 9.17) is 0 Å². The molecule has 2 aliphatic rings. The van der Waals surface area contributed by atoms with Crippen LogP contribution < -0.4 is 0 Å². The highest BCUT2D eigenvalue weighted by molar-refractivity contribution is 5.87. The Kier molecular flexibility index (Phi) is 3.06. The quantitative estimate of drug-likeness (QED) is 0.828. The van der Waals surface area contributed by atoms with Crippen LogP contribution in [0.4, 0.5) is 0 Å². The Hall–Kier alpha value is -1.40. The molecule has 2 N–H and O–H groups in total. The topological polar surface area (TPSA) is 78.6 Å². The van der Waals surface area contributed by atoms with Crippen LogP contribution in [-0.2, 0) is 6.54 Å². The number of imidazole rings is 1. The van der Waals surface area contributed by atoms with Crippen molar-refractivity contribution in [2.45, 2.75) is 37.8 Å². The summed E-state index contributed by atoms with van der Waals surface area (Å²) in [5.41, 5.74) is 0.542. The summed E-state index contributed by atoms with van der Waals surface area (Å²) < 4.78 is 1.95. The van der Waals surface area contributed by atoms with E-state index in [-0.39, 0.29) is 11.6 Å². The van der Waals surface area contributed by atoms with Crippen molar-refractivity contribution in [1.29, 1.82) is 0 Å². The van der Waals surface area contributed by atoms with E-state index in [0.29, 0.717) is 12.1 Å². The number of likely N-dealkylation sites (tertiary alicyclic amines) is 1. The lowest BCUT2D eigenvalue weighted by atomic mass is 10.0. The third-order valence-electron chi connectivity index (χ3n) is 4.17. The van der Waals surface area contributed by atoms with Gasteiger partial charge < -0.3 is 19.7 Å². The number of fused-ring (bicyclic) bond motifs is 1. The summed E-state index contributed by atoms with van der Waals surface area (Å²) in [4.78, 5) is 17.9. The first kappa shape index (κ1) is 12.6. The summed E-state index contributed by atoms with van der Waals surface area (Å²) in [5.74, 6) is 0.0833. The fourth-order valence-corrected chi connectivity index (χ4v) is 3.25. The Bertz CT molecular complexity index is 511. The van der Waals surface area contributed by atoms with E-state index >= 15 is 0 Å². The van der Waals surface area contributed by atoms with Gasteiger partial charge in [0.25, 0.3) is 0 Å². The van der Waals surface area contributed by atoms with Crippen molar-refractivity contribution in [2.24, 2.45) is 0 Å². The van der Waals surface area contributed by atoms with Gasteiger partial charge in [0.05, 0.1) is 11.8 Å². The number of carboxylic acid groups (broad SMARTS) is 1. The molecule has 0 amide bonds. The van der Waals surface area contributed by atoms with Crippen molar-refractivity contribution in [3.63, 3.8) is 0 Å².